The molecule has 2 amide bonds. The number of esters is 3. The summed E-state index contributed by atoms with van der Waals surface area (Å²) in [6.45, 7) is 6.14. The zero-order valence-corrected chi connectivity index (χ0v) is 22.3. The molecular formula is C26H34N2O10. The first-order chi connectivity index (χ1) is 17.9. The van der Waals surface area contributed by atoms with E-state index in [0.29, 0.717) is 0 Å². The number of hydrogen-bond donors (Lipinski definition) is 1. The highest BCUT2D eigenvalue weighted by atomic mass is 16.6. The van der Waals surface area contributed by atoms with Crippen molar-refractivity contribution < 1.29 is 47.7 Å². The predicted molar refractivity (Wildman–Crippen MR) is 132 cm³/mol. The molecule has 1 N–H and O–H groups in total. The van der Waals surface area contributed by atoms with Crippen LogP contribution in [0.1, 0.15) is 46.1 Å². The van der Waals surface area contributed by atoms with Crippen LogP contribution in [-0.2, 0) is 44.7 Å². The van der Waals surface area contributed by atoms with Gasteiger partial charge in [-0.25, -0.2) is 19.2 Å². The molecule has 1 aliphatic rings. The standard InChI is InChI=1S/C26H34N2O10/c1-16(29)37-21-14-20(23(31)35-6)28(25(33)38-26(2,3)4)19(21)13-12-18(22(30)34-5)27-24(32)36-15-17-10-8-7-9-11-17/h7-12,19-21H,13-15H2,1-6H3,(H,27,32)/b18-12+/t19-,20-,21+/m0/s1. The largest absolute Gasteiger partial charge is 0.467 e. The molecule has 1 aromatic carbocycles. The highest BCUT2D eigenvalue weighted by Gasteiger charge is 2.50. The number of alkyl carbamates (subject to hydrolysis) is 1. The fraction of sp³-hybridized carbons (Fsp3) is 0.500. The lowest BCUT2D eigenvalue weighted by Crippen LogP contribution is -2.48. The third-order valence-corrected chi connectivity index (χ3v) is 5.39. The van der Waals surface area contributed by atoms with E-state index in [-0.39, 0.29) is 25.1 Å². The Labute approximate surface area is 221 Å². The number of carbonyl (C=O) groups is 5. The minimum atomic E-state index is -1.11. The molecule has 0 saturated carbocycles. The number of carbonyl (C=O) groups excluding carboxylic acids is 5. The minimum absolute atomic E-state index is 0.0362. The quantitative estimate of drug-likeness (QED) is 0.300. The van der Waals surface area contributed by atoms with Gasteiger partial charge in [-0.2, -0.15) is 0 Å². The van der Waals surface area contributed by atoms with Crippen LogP contribution < -0.4 is 5.32 Å². The lowest BCUT2D eigenvalue weighted by Gasteiger charge is -2.32. The maximum atomic E-state index is 13.1. The molecule has 1 aromatic rings. The Bertz CT molecular complexity index is 1050. The summed E-state index contributed by atoms with van der Waals surface area (Å²) < 4.78 is 25.6. The van der Waals surface area contributed by atoms with Gasteiger partial charge in [0.2, 0.25) is 0 Å². The van der Waals surface area contributed by atoms with Crippen LogP contribution in [0.3, 0.4) is 0 Å². The Balaban J connectivity index is 2.32. The summed E-state index contributed by atoms with van der Waals surface area (Å²) in [5, 5.41) is 2.34. The average Bonchev–Trinajstić information content (AvgIpc) is 3.21. The number of nitrogens with zero attached hydrogens (tertiary/aromatic N) is 1. The molecule has 1 saturated heterocycles. The summed E-state index contributed by atoms with van der Waals surface area (Å²) in [6, 6.07) is 6.89. The van der Waals surface area contributed by atoms with Gasteiger partial charge in [0.15, 0.2) is 0 Å². The van der Waals surface area contributed by atoms with Gasteiger partial charge in [-0.3, -0.25) is 15.0 Å². The van der Waals surface area contributed by atoms with Crippen LogP contribution in [0.4, 0.5) is 9.59 Å². The van der Waals surface area contributed by atoms with Crippen molar-refractivity contribution in [1.82, 2.24) is 10.2 Å². The zero-order valence-electron chi connectivity index (χ0n) is 22.3. The second kappa shape index (κ2) is 13.5. The van der Waals surface area contributed by atoms with Crippen molar-refractivity contribution in [3.8, 4) is 0 Å². The maximum absolute atomic E-state index is 13.1. The summed E-state index contributed by atoms with van der Waals surface area (Å²) in [4.78, 5) is 63.3. The summed E-state index contributed by atoms with van der Waals surface area (Å²) in [6.07, 6.45) is -1.54. The molecule has 0 unspecified atom stereocenters. The van der Waals surface area contributed by atoms with Crippen LogP contribution in [0.2, 0.25) is 0 Å². The number of benzene rings is 1. The topological polar surface area (TPSA) is 147 Å². The van der Waals surface area contributed by atoms with Gasteiger partial charge >= 0.3 is 30.1 Å². The van der Waals surface area contributed by atoms with Crippen LogP contribution in [0, 0.1) is 0 Å². The third kappa shape index (κ3) is 8.79. The van der Waals surface area contributed by atoms with Crippen LogP contribution in [-0.4, -0.2) is 73.0 Å². The molecule has 0 spiro atoms. The SMILES string of the molecule is COC(=O)/C(=C\C[C@H]1[C@H](OC(C)=O)C[C@@H](C(=O)OC)N1C(=O)OC(C)(C)C)NC(=O)OCc1ccccc1. The Hall–Kier alpha value is -4.09. The Morgan fingerprint density at radius 1 is 1.05 bits per heavy atom. The highest BCUT2D eigenvalue weighted by Crippen LogP contribution is 2.32. The molecule has 2 rings (SSSR count). The molecule has 0 aliphatic carbocycles. The van der Waals surface area contributed by atoms with Gasteiger partial charge in [0.1, 0.15) is 30.1 Å². The number of likely N-dealkylation sites (tertiary alicyclic amines) is 1. The maximum Gasteiger partial charge on any atom is 0.412 e. The monoisotopic (exact) mass is 534 g/mol. The molecule has 1 heterocycles. The average molecular weight is 535 g/mol. The minimum Gasteiger partial charge on any atom is -0.467 e. The predicted octanol–water partition coefficient (Wildman–Crippen LogP) is 2.84. The molecule has 0 aromatic heterocycles. The van der Waals surface area contributed by atoms with E-state index >= 15 is 0 Å². The van der Waals surface area contributed by atoms with Gasteiger partial charge in [0.25, 0.3) is 0 Å². The number of ether oxygens (including phenoxy) is 5. The Morgan fingerprint density at radius 3 is 2.26 bits per heavy atom. The molecule has 3 atom stereocenters. The number of methoxy groups -OCH3 is 2. The van der Waals surface area contributed by atoms with Crippen molar-refractivity contribution in [3.63, 3.8) is 0 Å². The summed E-state index contributed by atoms with van der Waals surface area (Å²) in [7, 11) is 2.30. The molecule has 12 heteroatoms. The van der Waals surface area contributed by atoms with Crippen molar-refractivity contribution in [2.75, 3.05) is 14.2 Å². The van der Waals surface area contributed by atoms with Crippen molar-refractivity contribution in [3.05, 3.63) is 47.7 Å². The van der Waals surface area contributed by atoms with Crippen molar-refractivity contribution >= 4 is 30.1 Å². The van der Waals surface area contributed by atoms with Crippen molar-refractivity contribution in [1.29, 1.82) is 0 Å². The van der Waals surface area contributed by atoms with E-state index in [1.807, 2.05) is 6.07 Å². The van der Waals surface area contributed by atoms with Gasteiger partial charge in [-0.15, -0.1) is 0 Å². The van der Waals surface area contributed by atoms with E-state index in [9.17, 15) is 24.0 Å². The van der Waals surface area contributed by atoms with Gasteiger partial charge in [-0.05, 0) is 32.8 Å². The Kier molecular flexibility index (Phi) is 10.7. The van der Waals surface area contributed by atoms with Gasteiger partial charge in [0, 0.05) is 13.3 Å². The fourth-order valence-corrected chi connectivity index (χ4v) is 3.83. The highest BCUT2D eigenvalue weighted by molar-refractivity contribution is 5.92. The van der Waals surface area contributed by atoms with E-state index in [1.54, 1.807) is 45.0 Å². The Morgan fingerprint density at radius 2 is 1.71 bits per heavy atom. The number of nitrogens with one attached hydrogen (secondary N) is 1. The molecule has 0 radical (unpaired) electrons. The normalized spacial score (nSPS) is 19.3. The second-order valence-corrected chi connectivity index (χ2v) is 9.41. The molecule has 38 heavy (non-hydrogen) atoms. The molecular weight excluding hydrogens is 500 g/mol. The lowest BCUT2D eigenvalue weighted by atomic mass is 10.1. The van der Waals surface area contributed by atoms with Crippen LogP contribution >= 0.6 is 0 Å². The zero-order chi connectivity index (χ0) is 28.5. The summed E-state index contributed by atoms with van der Waals surface area (Å²) in [5.41, 5.74) is -0.417. The summed E-state index contributed by atoms with van der Waals surface area (Å²) in [5.74, 6) is -2.23. The van der Waals surface area contributed by atoms with Crippen molar-refractivity contribution in [2.45, 2.75) is 70.9 Å². The van der Waals surface area contributed by atoms with Gasteiger partial charge in [-0.1, -0.05) is 36.4 Å². The van der Waals surface area contributed by atoms with Crippen LogP contribution in [0.5, 0.6) is 0 Å². The van der Waals surface area contributed by atoms with Crippen molar-refractivity contribution in [2.24, 2.45) is 0 Å². The van der Waals surface area contributed by atoms with Crippen LogP contribution in [0.15, 0.2) is 42.1 Å². The van der Waals surface area contributed by atoms with E-state index in [2.05, 4.69) is 5.32 Å². The lowest BCUT2D eigenvalue weighted by molar-refractivity contribution is -0.148. The molecule has 1 aliphatic heterocycles. The number of amides is 2. The van der Waals surface area contributed by atoms with E-state index in [0.717, 1.165) is 17.6 Å². The fourth-order valence-electron chi connectivity index (χ4n) is 3.83. The smallest absolute Gasteiger partial charge is 0.412 e. The molecule has 0 bridgehead atoms. The van der Waals surface area contributed by atoms with Gasteiger partial charge < -0.3 is 23.7 Å². The molecule has 12 nitrogen and oxygen atoms in total. The van der Waals surface area contributed by atoms with E-state index in [1.165, 1.54) is 20.1 Å². The second-order valence-electron chi connectivity index (χ2n) is 9.41. The first kappa shape index (κ1) is 30.1. The first-order valence-corrected chi connectivity index (χ1v) is 11.9. The third-order valence-electron chi connectivity index (χ3n) is 5.39. The summed E-state index contributed by atoms with van der Waals surface area (Å²) >= 11 is 0. The number of rotatable bonds is 8. The number of hydrogen-bond acceptors (Lipinski definition) is 10. The van der Waals surface area contributed by atoms with E-state index in [4.69, 9.17) is 23.7 Å². The van der Waals surface area contributed by atoms with Crippen LogP contribution in [0.25, 0.3) is 0 Å². The molecule has 1 fully saturated rings. The molecule has 208 valence electrons. The van der Waals surface area contributed by atoms with E-state index < -0.39 is 53.9 Å². The first-order valence-electron chi connectivity index (χ1n) is 11.9. The van der Waals surface area contributed by atoms with Gasteiger partial charge in [0.05, 0.1) is 20.3 Å².